The summed E-state index contributed by atoms with van der Waals surface area (Å²) < 4.78 is 0. The van der Waals surface area contributed by atoms with Crippen molar-refractivity contribution >= 4 is 0 Å². The van der Waals surface area contributed by atoms with Crippen molar-refractivity contribution in [3.8, 4) is 0 Å². The van der Waals surface area contributed by atoms with Crippen molar-refractivity contribution in [3.63, 3.8) is 0 Å². The van der Waals surface area contributed by atoms with Crippen LogP contribution in [0.15, 0.2) is 24.3 Å². The Labute approximate surface area is 149 Å². The van der Waals surface area contributed by atoms with Crippen LogP contribution in [0.1, 0.15) is 22.8 Å². The van der Waals surface area contributed by atoms with Gasteiger partial charge >= 0.3 is 25.8 Å². The molecule has 116 valence electrons. The van der Waals surface area contributed by atoms with E-state index < -0.39 is 0 Å². The van der Waals surface area contributed by atoms with Crippen LogP contribution in [-0.4, -0.2) is 38.2 Å². The number of nitrogens with zero attached hydrogens (tertiary/aromatic N) is 4. The Morgan fingerprint density at radius 1 is 0.762 bits per heavy atom. The molecule has 0 aromatic carbocycles. The van der Waals surface area contributed by atoms with Gasteiger partial charge in [-0.25, -0.2) is 0 Å². The second kappa shape index (κ2) is 17.4. The number of aryl methyl sites for hydroxylation is 4. The van der Waals surface area contributed by atoms with Crippen LogP contribution in [-0.2, 0) is 25.8 Å². The van der Waals surface area contributed by atoms with E-state index in [2.05, 4.69) is 20.6 Å². The first kappa shape index (κ1) is 25.3. The first-order valence-corrected chi connectivity index (χ1v) is 6.50. The van der Waals surface area contributed by atoms with E-state index >= 15 is 0 Å². The molecule has 0 aliphatic carbocycles. The zero-order valence-corrected chi connectivity index (χ0v) is 18.2. The summed E-state index contributed by atoms with van der Waals surface area (Å²) in [5, 5.41) is 7.00. The summed E-state index contributed by atoms with van der Waals surface area (Å²) in [7, 11) is 7.00. The Balaban J connectivity index is -0.000000220. The van der Waals surface area contributed by atoms with Crippen LogP contribution >= 0.6 is 0 Å². The first-order valence-electron chi connectivity index (χ1n) is 6.50. The fourth-order valence-corrected chi connectivity index (χ4v) is 1.19. The Hall–Kier alpha value is -0.650. The minimum atomic E-state index is 0. The molecule has 0 amide bonds. The molecule has 4 nitrogen and oxygen atoms in total. The van der Waals surface area contributed by atoms with Crippen LogP contribution < -0.4 is 0 Å². The molecule has 0 aliphatic rings. The summed E-state index contributed by atoms with van der Waals surface area (Å²) in [6.07, 6.45) is 0. The van der Waals surface area contributed by atoms with E-state index in [0.717, 1.165) is 22.8 Å². The van der Waals surface area contributed by atoms with Gasteiger partial charge in [0.1, 0.15) is 0 Å². The molecule has 0 spiro atoms. The smallest absolute Gasteiger partial charge is 0.668 e. The largest absolute Gasteiger partial charge is 4.00 e. The van der Waals surface area contributed by atoms with E-state index in [9.17, 15) is 0 Å². The normalized spacial score (nSPS) is 8.00. The molecule has 2 rings (SSSR count). The van der Waals surface area contributed by atoms with Gasteiger partial charge < -0.3 is 20.6 Å². The number of hydrogen-bond acceptors (Lipinski definition) is 2. The maximum atomic E-state index is 4.11. The van der Waals surface area contributed by atoms with Crippen molar-refractivity contribution in [1.29, 1.82) is 0 Å². The summed E-state index contributed by atoms with van der Waals surface area (Å²) in [6, 6.07) is 8.04. The van der Waals surface area contributed by atoms with Gasteiger partial charge in [0, 0.05) is 0 Å². The van der Waals surface area contributed by atoms with Crippen molar-refractivity contribution < 1.29 is 25.8 Å². The Kier molecular flexibility index (Phi) is 21.0. The van der Waals surface area contributed by atoms with Crippen molar-refractivity contribution in [2.24, 2.45) is 0 Å². The van der Waals surface area contributed by atoms with E-state index in [0.29, 0.717) is 0 Å². The first-order chi connectivity index (χ1) is 9.40. The predicted octanol–water partition coefficient (Wildman–Crippen LogP) is 4.07. The Bertz CT molecular complexity index is 348. The van der Waals surface area contributed by atoms with Gasteiger partial charge in [0.15, 0.2) is 0 Å². The molecule has 0 radical (unpaired) electrons. The summed E-state index contributed by atoms with van der Waals surface area (Å²) in [6.45, 7) is 7.97. The summed E-state index contributed by atoms with van der Waals surface area (Å²) in [5.41, 5.74) is 4.44. The van der Waals surface area contributed by atoms with Gasteiger partial charge in [-0.3, -0.25) is 0 Å². The van der Waals surface area contributed by atoms with Gasteiger partial charge in [0.25, 0.3) is 0 Å². The summed E-state index contributed by atoms with van der Waals surface area (Å²) in [4.78, 5) is 8.22. The van der Waals surface area contributed by atoms with Crippen molar-refractivity contribution in [2.45, 2.75) is 27.7 Å². The molecule has 2 aromatic heterocycles. The molecule has 2 heterocycles. The molecule has 0 unspecified atom stereocenters. The molecular formula is C16H28HfN4. The van der Waals surface area contributed by atoms with Gasteiger partial charge in [0.2, 0.25) is 0 Å². The Morgan fingerprint density at radius 3 is 1.05 bits per heavy atom. The molecule has 0 atom stereocenters. The molecule has 5 heteroatoms. The third-order valence-electron chi connectivity index (χ3n) is 1.84. The zero-order chi connectivity index (χ0) is 16.0. The van der Waals surface area contributed by atoms with Gasteiger partial charge in [-0.15, -0.1) is 11.4 Å². The van der Waals surface area contributed by atoms with E-state index in [1.165, 1.54) is 0 Å². The molecule has 0 bridgehead atoms. The second-order valence-electron chi connectivity index (χ2n) is 4.35. The van der Waals surface area contributed by atoms with Crippen LogP contribution in [0, 0.1) is 27.7 Å². The minimum Gasteiger partial charge on any atom is -0.668 e. The average Bonchev–Trinajstić information content (AvgIpc) is 2.90. The Morgan fingerprint density at radius 2 is 1.00 bits per heavy atom. The van der Waals surface area contributed by atoms with Crippen LogP contribution in [0.2, 0.25) is 0 Å². The molecule has 0 saturated heterocycles. The van der Waals surface area contributed by atoms with Gasteiger partial charge in [-0.1, -0.05) is 39.1 Å². The standard InChI is InChI=1S/2C6H8N.2C2H6N.Hf/c2*1-5-3-4-6(2)7-5;2*1-3-2;/h2*3-4H,1-2H3;2*1-2H3;/q4*-1;+4. The quantitative estimate of drug-likeness (QED) is 0.445. The molecular weight excluding hydrogens is 427 g/mol. The van der Waals surface area contributed by atoms with Gasteiger partial charge in [-0.2, -0.15) is 52.5 Å². The van der Waals surface area contributed by atoms with Crippen molar-refractivity contribution in [3.05, 3.63) is 57.7 Å². The van der Waals surface area contributed by atoms with Gasteiger partial charge in [0.05, 0.1) is 0 Å². The maximum Gasteiger partial charge on any atom is 4.00 e. The average molecular weight is 455 g/mol. The van der Waals surface area contributed by atoms with Crippen LogP contribution in [0.5, 0.6) is 0 Å². The predicted molar refractivity (Wildman–Crippen MR) is 89.0 cm³/mol. The molecule has 2 aromatic rings. The van der Waals surface area contributed by atoms with Crippen molar-refractivity contribution in [2.75, 3.05) is 28.2 Å². The van der Waals surface area contributed by atoms with E-state index in [1.54, 1.807) is 28.2 Å². The zero-order valence-electron chi connectivity index (χ0n) is 14.6. The van der Waals surface area contributed by atoms with Gasteiger partial charge in [-0.05, 0) is 0 Å². The molecule has 0 fully saturated rings. The SMILES string of the molecule is C[N-]C.C[N-]C.Cc1cc[c-](C)n1.Cc1cc[c-](C)n1.[Hf+4]. The molecule has 0 saturated carbocycles. The minimum absolute atomic E-state index is 0. The van der Waals surface area contributed by atoms with Crippen LogP contribution in [0.4, 0.5) is 0 Å². The fourth-order valence-electron chi connectivity index (χ4n) is 1.19. The monoisotopic (exact) mass is 456 g/mol. The topological polar surface area (TPSA) is 54.0 Å². The van der Waals surface area contributed by atoms with E-state index in [4.69, 9.17) is 0 Å². The molecule has 21 heavy (non-hydrogen) atoms. The summed E-state index contributed by atoms with van der Waals surface area (Å²) in [5.74, 6) is 0. The second-order valence-corrected chi connectivity index (χ2v) is 4.35. The molecule has 0 aliphatic heterocycles. The maximum absolute atomic E-state index is 4.11. The number of hydrogen-bond donors (Lipinski definition) is 0. The number of rotatable bonds is 0. The van der Waals surface area contributed by atoms with Crippen molar-refractivity contribution in [1.82, 2.24) is 9.97 Å². The third kappa shape index (κ3) is 19.4. The van der Waals surface area contributed by atoms with E-state index in [1.807, 2.05) is 52.0 Å². The molecule has 0 N–H and O–H groups in total. The van der Waals surface area contributed by atoms with E-state index in [-0.39, 0.29) is 25.8 Å². The third-order valence-corrected chi connectivity index (χ3v) is 1.84. The van der Waals surface area contributed by atoms with Crippen LogP contribution in [0.3, 0.4) is 0 Å². The number of aromatic nitrogens is 2. The van der Waals surface area contributed by atoms with Crippen LogP contribution in [0.25, 0.3) is 10.6 Å². The fraction of sp³-hybridized carbons (Fsp3) is 0.500. The summed E-state index contributed by atoms with van der Waals surface area (Å²) >= 11 is 0.